The summed E-state index contributed by atoms with van der Waals surface area (Å²) in [6.07, 6.45) is 8.22. The Morgan fingerprint density at radius 3 is 2.80 bits per heavy atom. The summed E-state index contributed by atoms with van der Waals surface area (Å²) in [5.74, 6) is 0. The summed E-state index contributed by atoms with van der Waals surface area (Å²) in [5.41, 5.74) is 4.34. The number of nitriles is 1. The average Bonchev–Trinajstić information content (AvgIpc) is 3.49. The van der Waals surface area contributed by atoms with Gasteiger partial charge in [-0.3, -0.25) is 19.7 Å². The molecule has 0 amide bonds. The van der Waals surface area contributed by atoms with Gasteiger partial charge in [-0.15, -0.1) is 0 Å². The summed E-state index contributed by atoms with van der Waals surface area (Å²) < 4.78 is 26.9. The third-order valence-electron chi connectivity index (χ3n) is 6.32. The minimum absolute atomic E-state index is 0.145. The summed E-state index contributed by atoms with van der Waals surface area (Å²) in [7, 11) is -3.34. The highest BCUT2D eigenvalue weighted by atomic mass is 32.2. The first-order chi connectivity index (χ1) is 16.9. The summed E-state index contributed by atoms with van der Waals surface area (Å²) in [4.78, 5) is 13.9. The number of H-pyrrole nitrogens is 1. The molecule has 0 unspecified atom stereocenters. The molecule has 1 aliphatic heterocycles. The van der Waals surface area contributed by atoms with Crippen molar-refractivity contribution in [2.45, 2.75) is 12.0 Å². The standard InChI is InChI=1S/C23H19N9O2S/c1-35(33,34)31-13-23(14-31,5-6-24)32-8-4-17(30-32)22-16-3-2-7-25-19(16)10-18(28-22)15-9-20-21(26-11-15)12-27-29-20/h2-4,7-12H,5,13-14H2,1H3,(H,27,29). The van der Waals surface area contributed by atoms with Crippen LogP contribution in [0.1, 0.15) is 6.42 Å². The number of rotatable bonds is 5. The Hall–Kier alpha value is -4.21. The maximum absolute atomic E-state index is 11.9. The molecule has 1 fully saturated rings. The van der Waals surface area contributed by atoms with E-state index in [1.165, 1.54) is 10.6 Å². The van der Waals surface area contributed by atoms with Gasteiger partial charge in [0.05, 0.1) is 41.7 Å². The number of sulfonamides is 1. The number of hydrogen-bond acceptors (Lipinski definition) is 8. The molecule has 174 valence electrons. The quantitative estimate of drug-likeness (QED) is 0.399. The predicted octanol–water partition coefficient (Wildman–Crippen LogP) is 2.32. The Morgan fingerprint density at radius 2 is 2.00 bits per heavy atom. The second-order valence-corrected chi connectivity index (χ2v) is 10.7. The Morgan fingerprint density at radius 1 is 1.14 bits per heavy atom. The molecule has 1 N–H and O–H groups in total. The number of fused-ring (bicyclic) bond motifs is 2. The zero-order chi connectivity index (χ0) is 24.2. The highest BCUT2D eigenvalue weighted by Crippen LogP contribution is 2.36. The van der Waals surface area contributed by atoms with Crippen LogP contribution in [0.2, 0.25) is 0 Å². The fraction of sp³-hybridized carbons (Fsp3) is 0.217. The Kier molecular flexibility index (Phi) is 4.67. The number of nitrogens with zero attached hydrogens (tertiary/aromatic N) is 8. The minimum Gasteiger partial charge on any atom is -0.276 e. The van der Waals surface area contributed by atoms with Crippen LogP contribution in [0.25, 0.3) is 44.6 Å². The monoisotopic (exact) mass is 485 g/mol. The topological polar surface area (TPSA) is 146 Å². The lowest BCUT2D eigenvalue weighted by atomic mass is 9.89. The van der Waals surface area contributed by atoms with Crippen molar-refractivity contribution in [1.82, 2.24) is 39.2 Å². The average molecular weight is 486 g/mol. The third kappa shape index (κ3) is 3.52. The van der Waals surface area contributed by atoms with Crippen molar-refractivity contribution in [3.8, 4) is 28.7 Å². The molecule has 35 heavy (non-hydrogen) atoms. The molecule has 5 aromatic heterocycles. The molecular formula is C23H19N9O2S. The largest absolute Gasteiger partial charge is 0.276 e. The van der Waals surface area contributed by atoms with Gasteiger partial charge in [-0.1, -0.05) is 0 Å². The van der Waals surface area contributed by atoms with E-state index in [4.69, 9.17) is 10.1 Å². The second kappa shape index (κ2) is 7.66. The van der Waals surface area contributed by atoms with E-state index in [-0.39, 0.29) is 19.5 Å². The van der Waals surface area contributed by atoms with Gasteiger partial charge in [-0.25, -0.2) is 13.4 Å². The van der Waals surface area contributed by atoms with Crippen LogP contribution < -0.4 is 0 Å². The number of aromatic amines is 1. The zero-order valence-corrected chi connectivity index (χ0v) is 19.4. The van der Waals surface area contributed by atoms with Crippen molar-refractivity contribution >= 4 is 32.0 Å². The van der Waals surface area contributed by atoms with Crippen molar-refractivity contribution in [3.05, 3.63) is 55.1 Å². The van der Waals surface area contributed by atoms with E-state index in [0.29, 0.717) is 17.1 Å². The first-order valence-corrected chi connectivity index (χ1v) is 12.7. The van der Waals surface area contributed by atoms with Crippen LogP contribution in [0.15, 0.2) is 55.1 Å². The smallest absolute Gasteiger partial charge is 0.211 e. The van der Waals surface area contributed by atoms with Crippen LogP contribution in [0.4, 0.5) is 0 Å². The van der Waals surface area contributed by atoms with Crippen LogP contribution in [0.3, 0.4) is 0 Å². The molecule has 0 aliphatic carbocycles. The van der Waals surface area contributed by atoms with Crippen molar-refractivity contribution in [2.24, 2.45) is 0 Å². The molecule has 5 aromatic rings. The molecule has 11 nitrogen and oxygen atoms in total. The molecule has 0 radical (unpaired) electrons. The van der Waals surface area contributed by atoms with Gasteiger partial charge in [0.25, 0.3) is 0 Å². The molecule has 1 aliphatic rings. The fourth-order valence-electron chi connectivity index (χ4n) is 4.43. The van der Waals surface area contributed by atoms with Gasteiger partial charge < -0.3 is 0 Å². The highest BCUT2D eigenvalue weighted by molar-refractivity contribution is 7.88. The van der Waals surface area contributed by atoms with E-state index in [1.807, 2.05) is 30.3 Å². The Bertz CT molecular complexity index is 1740. The van der Waals surface area contributed by atoms with E-state index >= 15 is 0 Å². The molecule has 0 atom stereocenters. The van der Waals surface area contributed by atoms with E-state index in [1.54, 1.807) is 29.5 Å². The zero-order valence-electron chi connectivity index (χ0n) is 18.6. The molecule has 12 heteroatoms. The van der Waals surface area contributed by atoms with Crippen LogP contribution in [0.5, 0.6) is 0 Å². The number of hydrogen-bond donors (Lipinski definition) is 1. The summed E-state index contributed by atoms with van der Waals surface area (Å²) in [5, 5.41) is 22.0. The van der Waals surface area contributed by atoms with Gasteiger partial charge in [-0.2, -0.15) is 19.8 Å². The summed E-state index contributed by atoms with van der Waals surface area (Å²) in [6, 6.07) is 11.6. The molecule has 6 heterocycles. The molecular weight excluding hydrogens is 466 g/mol. The van der Waals surface area contributed by atoms with Crippen LogP contribution in [0, 0.1) is 11.3 Å². The lowest BCUT2D eigenvalue weighted by Crippen LogP contribution is -2.63. The molecule has 1 saturated heterocycles. The van der Waals surface area contributed by atoms with E-state index < -0.39 is 15.6 Å². The Labute approximate surface area is 200 Å². The van der Waals surface area contributed by atoms with Crippen LogP contribution >= 0.6 is 0 Å². The van der Waals surface area contributed by atoms with Gasteiger partial charge in [0.15, 0.2) is 0 Å². The first-order valence-electron chi connectivity index (χ1n) is 10.8. The fourth-order valence-corrected chi connectivity index (χ4v) is 5.38. The number of pyridine rings is 3. The van der Waals surface area contributed by atoms with Crippen LogP contribution in [-0.2, 0) is 15.6 Å². The first kappa shape index (κ1) is 21.3. The van der Waals surface area contributed by atoms with Crippen molar-refractivity contribution in [2.75, 3.05) is 19.3 Å². The van der Waals surface area contributed by atoms with Gasteiger partial charge in [0, 0.05) is 42.6 Å². The molecule has 0 aromatic carbocycles. The SMILES string of the molecule is CS(=O)(=O)N1CC(CC#N)(n2ccc(-c3nc(-c4cnc5cn[nH]c5c4)cc4ncccc34)n2)C1. The number of aromatic nitrogens is 7. The van der Waals surface area contributed by atoms with Crippen molar-refractivity contribution in [1.29, 1.82) is 5.26 Å². The van der Waals surface area contributed by atoms with E-state index in [0.717, 1.165) is 27.5 Å². The van der Waals surface area contributed by atoms with E-state index in [2.05, 4.69) is 26.2 Å². The summed E-state index contributed by atoms with van der Waals surface area (Å²) in [6.45, 7) is 0.401. The maximum atomic E-state index is 11.9. The van der Waals surface area contributed by atoms with Gasteiger partial charge in [0.1, 0.15) is 22.4 Å². The molecule has 0 bridgehead atoms. The molecule has 6 rings (SSSR count). The Balaban J connectivity index is 1.45. The highest BCUT2D eigenvalue weighted by Gasteiger charge is 2.49. The molecule has 0 saturated carbocycles. The molecule has 0 spiro atoms. The second-order valence-electron chi connectivity index (χ2n) is 8.69. The summed E-state index contributed by atoms with van der Waals surface area (Å²) >= 11 is 0. The van der Waals surface area contributed by atoms with Crippen molar-refractivity contribution < 1.29 is 8.42 Å². The van der Waals surface area contributed by atoms with Crippen LogP contribution in [-0.4, -0.2) is 67.0 Å². The van der Waals surface area contributed by atoms with Gasteiger partial charge >= 0.3 is 0 Å². The van der Waals surface area contributed by atoms with E-state index in [9.17, 15) is 13.7 Å². The normalized spacial score (nSPS) is 15.8. The number of nitrogens with one attached hydrogen (secondary N) is 1. The predicted molar refractivity (Wildman–Crippen MR) is 128 cm³/mol. The lowest BCUT2D eigenvalue weighted by Gasteiger charge is -2.47. The third-order valence-corrected chi connectivity index (χ3v) is 7.52. The van der Waals surface area contributed by atoms with Gasteiger partial charge in [0.2, 0.25) is 10.0 Å². The maximum Gasteiger partial charge on any atom is 0.211 e. The minimum atomic E-state index is -3.34. The lowest BCUT2D eigenvalue weighted by molar-refractivity contribution is 0.0726. The van der Waals surface area contributed by atoms with Crippen molar-refractivity contribution in [3.63, 3.8) is 0 Å². The van der Waals surface area contributed by atoms with Gasteiger partial charge in [-0.05, 0) is 30.3 Å².